The standard InChI is InChI=1S/C22H19Cl2N3S/c1-28-22-25-20(24)18-11-12-19(16-7-9-17(23)10-8-16)27(21(18)26-22)14-13-15-5-3-2-4-6-15/h2-12,19H,13-14H2,1H3. The zero-order chi connectivity index (χ0) is 19.5. The van der Waals surface area contributed by atoms with E-state index < -0.39 is 0 Å². The van der Waals surface area contributed by atoms with Gasteiger partial charge >= 0.3 is 0 Å². The summed E-state index contributed by atoms with van der Waals surface area (Å²) in [7, 11) is 0. The predicted molar refractivity (Wildman–Crippen MR) is 120 cm³/mol. The highest BCUT2D eigenvalue weighted by Crippen LogP contribution is 2.38. The molecule has 1 unspecified atom stereocenters. The fourth-order valence-corrected chi connectivity index (χ4v) is 4.14. The smallest absolute Gasteiger partial charge is 0.190 e. The highest BCUT2D eigenvalue weighted by atomic mass is 35.5. The van der Waals surface area contributed by atoms with Crippen LogP contribution in [0.2, 0.25) is 10.2 Å². The molecule has 0 amide bonds. The lowest BCUT2D eigenvalue weighted by Gasteiger charge is -2.35. The molecule has 6 heteroatoms. The van der Waals surface area contributed by atoms with Gasteiger partial charge in [-0.15, -0.1) is 0 Å². The van der Waals surface area contributed by atoms with Gasteiger partial charge in [0.05, 0.1) is 11.6 Å². The Hall–Kier alpha value is -2.01. The molecule has 0 saturated heterocycles. The maximum absolute atomic E-state index is 6.46. The van der Waals surface area contributed by atoms with Crippen LogP contribution < -0.4 is 4.90 Å². The Balaban J connectivity index is 1.74. The average molecular weight is 428 g/mol. The maximum atomic E-state index is 6.46. The second kappa shape index (κ2) is 8.56. The Labute approximate surface area is 179 Å². The number of thioether (sulfide) groups is 1. The summed E-state index contributed by atoms with van der Waals surface area (Å²) in [6.07, 6.45) is 7.06. The average Bonchev–Trinajstić information content (AvgIpc) is 2.73. The fourth-order valence-electron chi connectivity index (χ4n) is 3.38. The van der Waals surface area contributed by atoms with E-state index in [1.54, 1.807) is 0 Å². The third kappa shape index (κ3) is 4.04. The van der Waals surface area contributed by atoms with Gasteiger partial charge in [0.25, 0.3) is 0 Å². The van der Waals surface area contributed by atoms with Gasteiger partial charge in [-0.05, 0) is 42.0 Å². The van der Waals surface area contributed by atoms with E-state index >= 15 is 0 Å². The van der Waals surface area contributed by atoms with Crippen molar-refractivity contribution in [2.75, 3.05) is 17.7 Å². The first-order chi connectivity index (χ1) is 13.7. The summed E-state index contributed by atoms with van der Waals surface area (Å²) in [6.45, 7) is 0.815. The van der Waals surface area contributed by atoms with E-state index in [0.29, 0.717) is 10.3 Å². The molecule has 1 atom stereocenters. The Kier molecular flexibility index (Phi) is 5.90. The van der Waals surface area contributed by atoms with E-state index in [1.165, 1.54) is 22.9 Å². The molecule has 0 fully saturated rings. The zero-order valence-electron chi connectivity index (χ0n) is 15.3. The molecule has 1 aliphatic heterocycles. The fraction of sp³-hybridized carbons (Fsp3) is 0.182. The summed E-state index contributed by atoms with van der Waals surface area (Å²) < 4.78 is 0. The third-order valence-electron chi connectivity index (χ3n) is 4.79. The zero-order valence-corrected chi connectivity index (χ0v) is 17.7. The van der Waals surface area contributed by atoms with Crippen molar-refractivity contribution in [3.63, 3.8) is 0 Å². The molecule has 3 nitrogen and oxygen atoms in total. The van der Waals surface area contributed by atoms with Gasteiger partial charge in [0.2, 0.25) is 0 Å². The van der Waals surface area contributed by atoms with Gasteiger partial charge in [-0.1, -0.05) is 83.5 Å². The number of hydrogen-bond acceptors (Lipinski definition) is 4. The molecular formula is C22H19Cl2N3S. The van der Waals surface area contributed by atoms with Crippen LogP contribution in [0.15, 0.2) is 65.8 Å². The summed E-state index contributed by atoms with van der Waals surface area (Å²) >= 11 is 14.1. The van der Waals surface area contributed by atoms with Crippen LogP contribution in [0, 0.1) is 0 Å². The first kappa shape index (κ1) is 19.3. The Morgan fingerprint density at radius 2 is 1.75 bits per heavy atom. The predicted octanol–water partition coefficient (Wildman–Crippen LogP) is 6.32. The molecule has 0 spiro atoms. The van der Waals surface area contributed by atoms with E-state index in [1.807, 2.05) is 30.5 Å². The van der Waals surface area contributed by atoms with Crippen LogP contribution in [0.4, 0.5) is 5.82 Å². The Bertz CT molecular complexity index is 991. The molecule has 0 saturated carbocycles. The SMILES string of the molecule is CSc1nc(Cl)c2c(n1)N(CCc1ccccc1)C(c1ccc(Cl)cc1)C=C2. The summed E-state index contributed by atoms with van der Waals surface area (Å²) in [5.74, 6) is 0.878. The third-order valence-corrected chi connectivity index (χ3v) is 5.88. The number of rotatable bonds is 5. The molecule has 0 aliphatic carbocycles. The topological polar surface area (TPSA) is 29.0 Å². The van der Waals surface area contributed by atoms with Gasteiger partial charge in [0.1, 0.15) is 11.0 Å². The van der Waals surface area contributed by atoms with Gasteiger partial charge in [-0.3, -0.25) is 0 Å². The van der Waals surface area contributed by atoms with Crippen molar-refractivity contribution < 1.29 is 0 Å². The number of fused-ring (bicyclic) bond motifs is 1. The molecule has 0 radical (unpaired) electrons. The van der Waals surface area contributed by atoms with Gasteiger partial charge in [0.15, 0.2) is 5.16 Å². The van der Waals surface area contributed by atoms with Crippen molar-refractivity contribution in [3.8, 4) is 0 Å². The van der Waals surface area contributed by atoms with Crippen LogP contribution in [-0.4, -0.2) is 22.8 Å². The monoisotopic (exact) mass is 427 g/mol. The van der Waals surface area contributed by atoms with Crippen LogP contribution in [-0.2, 0) is 6.42 Å². The van der Waals surface area contributed by atoms with E-state index in [9.17, 15) is 0 Å². The minimum Gasteiger partial charge on any atom is -0.345 e. The van der Waals surface area contributed by atoms with Crippen LogP contribution in [0.1, 0.15) is 22.7 Å². The normalized spacial score (nSPS) is 15.5. The maximum Gasteiger partial charge on any atom is 0.190 e. The molecule has 4 rings (SSSR count). The van der Waals surface area contributed by atoms with Crippen molar-refractivity contribution in [2.45, 2.75) is 17.6 Å². The van der Waals surface area contributed by atoms with Gasteiger partial charge < -0.3 is 4.90 Å². The molecule has 0 bridgehead atoms. The first-order valence-electron chi connectivity index (χ1n) is 9.01. The number of halogens is 2. The van der Waals surface area contributed by atoms with Crippen molar-refractivity contribution in [1.82, 2.24) is 9.97 Å². The Morgan fingerprint density at radius 1 is 1.00 bits per heavy atom. The molecule has 1 aromatic heterocycles. The lowest BCUT2D eigenvalue weighted by atomic mass is 9.99. The van der Waals surface area contributed by atoms with E-state index in [2.05, 4.69) is 52.4 Å². The molecule has 2 heterocycles. The molecule has 1 aliphatic rings. The number of aromatic nitrogens is 2. The van der Waals surface area contributed by atoms with Crippen LogP contribution >= 0.6 is 35.0 Å². The quantitative estimate of drug-likeness (QED) is 0.270. The second-order valence-corrected chi connectivity index (χ2v) is 8.09. The molecule has 2 aromatic carbocycles. The largest absolute Gasteiger partial charge is 0.345 e. The number of benzene rings is 2. The van der Waals surface area contributed by atoms with Crippen molar-refractivity contribution in [3.05, 3.63) is 87.5 Å². The van der Waals surface area contributed by atoms with Gasteiger partial charge in [0, 0.05) is 11.6 Å². The second-order valence-electron chi connectivity index (χ2n) is 6.52. The highest BCUT2D eigenvalue weighted by Gasteiger charge is 2.27. The molecule has 0 N–H and O–H groups in total. The van der Waals surface area contributed by atoms with Crippen molar-refractivity contribution >= 4 is 46.9 Å². The number of anilines is 1. The molecular weight excluding hydrogens is 409 g/mol. The Morgan fingerprint density at radius 3 is 2.46 bits per heavy atom. The minimum absolute atomic E-state index is 0.0640. The summed E-state index contributed by atoms with van der Waals surface area (Å²) in [6, 6.07) is 18.5. The molecule has 3 aromatic rings. The molecule has 142 valence electrons. The number of hydrogen-bond donors (Lipinski definition) is 0. The van der Waals surface area contributed by atoms with E-state index in [0.717, 1.165) is 29.4 Å². The summed E-state index contributed by atoms with van der Waals surface area (Å²) in [5.41, 5.74) is 3.33. The highest BCUT2D eigenvalue weighted by molar-refractivity contribution is 7.98. The summed E-state index contributed by atoms with van der Waals surface area (Å²) in [5, 5.41) is 1.90. The summed E-state index contributed by atoms with van der Waals surface area (Å²) in [4.78, 5) is 11.5. The van der Waals surface area contributed by atoms with Crippen molar-refractivity contribution in [2.24, 2.45) is 0 Å². The minimum atomic E-state index is 0.0640. The van der Waals surface area contributed by atoms with Crippen LogP contribution in [0.5, 0.6) is 0 Å². The molecule has 28 heavy (non-hydrogen) atoms. The lowest BCUT2D eigenvalue weighted by Crippen LogP contribution is -2.33. The number of nitrogens with zero attached hydrogens (tertiary/aromatic N) is 3. The van der Waals surface area contributed by atoms with E-state index in [4.69, 9.17) is 28.2 Å². The van der Waals surface area contributed by atoms with Crippen LogP contribution in [0.3, 0.4) is 0 Å². The first-order valence-corrected chi connectivity index (χ1v) is 11.0. The van der Waals surface area contributed by atoms with Crippen LogP contribution in [0.25, 0.3) is 6.08 Å². The van der Waals surface area contributed by atoms with Gasteiger partial charge in [-0.2, -0.15) is 0 Å². The van der Waals surface area contributed by atoms with Crippen molar-refractivity contribution in [1.29, 1.82) is 0 Å². The van der Waals surface area contributed by atoms with Gasteiger partial charge in [-0.25, -0.2) is 9.97 Å². The lowest BCUT2D eigenvalue weighted by molar-refractivity contribution is 0.689. The van der Waals surface area contributed by atoms with E-state index in [-0.39, 0.29) is 6.04 Å².